The van der Waals surface area contributed by atoms with Crippen LogP contribution in [-0.4, -0.2) is 43.0 Å². The lowest BCUT2D eigenvalue weighted by Crippen LogP contribution is -2.23. The minimum atomic E-state index is 0. The SMILES string of the molecule is N.OCCN1CCOC1. The number of ether oxygens (including phenoxy) is 1. The molecular weight excluding hydrogens is 120 g/mol. The Morgan fingerprint density at radius 3 is 2.78 bits per heavy atom. The smallest absolute Gasteiger partial charge is 0.0992 e. The second-order valence-corrected chi connectivity index (χ2v) is 1.88. The van der Waals surface area contributed by atoms with Gasteiger partial charge in [0.1, 0.15) is 0 Å². The van der Waals surface area contributed by atoms with Crippen LogP contribution in [0.25, 0.3) is 0 Å². The van der Waals surface area contributed by atoms with Crippen LogP contribution in [0.5, 0.6) is 0 Å². The van der Waals surface area contributed by atoms with Gasteiger partial charge in [0.05, 0.1) is 19.9 Å². The average molecular weight is 134 g/mol. The Labute approximate surface area is 55.0 Å². The first kappa shape index (κ1) is 8.84. The van der Waals surface area contributed by atoms with Crippen molar-refractivity contribution in [2.45, 2.75) is 0 Å². The Kier molecular flexibility index (Phi) is 4.61. The van der Waals surface area contributed by atoms with E-state index in [1.54, 1.807) is 0 Å². The molecule has 0 radical (unpaired) electrons. The molecule has 1 aliphatic rings. The van der Waals surface area contributed by atoms with Crippen molar-refractivity contribution in [3.8, 4) is 0 Å². The zero-order valence-corrected chi connectivity index (χ0v) is 5.55. The molecule has 1 aliphatic heterocycles. The van der Waals surface area contributed by atoms with Crippen molar-refractivity contribution in [1.82, 2.24) is 11.1 Å². The predicted octanol–water partition coefficient (Wildman–Crippen LogP) is -0.570. The summed E-state index contributed by atoms with van der Waals surface area (Å²) in [5.41, 5.74) is 0. The van der Waals surface area contributed by atoms with Gasteiger partial charge >= 0.3 is 0 Å². The third kappa shape index (κ3) is 2.76. The van der Waals surface area contributed by atoms with Crippen LogP contribution in [0.3, 0.4) is 0 Å². The highest BCUT2D eigenvalue weighted by molar-refractivity contribution is 4.56. The second-order valence-electron chi connectivity index (χ2n) is 1.88. The Hall–Kier alpha value is -0.160. The molecule has 56 valence electrons. The highest BCUT2D eigenvalue weighted by Crippen LogP contribution is 1.95. The van der Waals surface area contributed by atoms with Gasteiger partial charge in [-0.15, -0.1) is 0 Å². The first-order chi connectivity index (χ1) is 3.93. The summed E-state index contributed by atoms with van der Waals surface area (Å²) in [4.78, 5) is 2.07. The van der Waals surface area contributed by atoms with E-state index in [1.165, 1.54) is 0 Å². The van der Waals surface area contributed by atoms with Crippen LogP contribution in [0.15, 0.2) is 0 Å². The zero-order chi connectivity index (χ0) is 5.82. The molecular formula is C5H14N2O2. The van der Waals surface area contributed by atoms with Gasteiger partial charge < -0.3 is 16.0 Å². The highest BCUT2D eigenvalue weighted by Gasteiger charge is 2.09. The number of β-amino-alcohol motifs (C(OH)–C–C–N with tert-alkyl or cyclic N) is 1. The van der Waals surface area contributed by atoms with Crippen molar-refractivity contribution < 1.29 is 9.84 Å². The van der Waals surface area contributed by atoms with E-state index in [-0.39, 0.29) is 12.8 Å². The van der Waals surface area contributed by atoms with Crippen molar-refractivity contribution >= 4 is 0 Å². The minimum absolute atomic E-state index is 0. The largest absolute Gasteiger partial charge is 0.395 e. The molecule has 0 aromatic rings. The molecule has 1 heterocycles. The number of aliphatic hydroxyl groups is 1. The summed E-state index contributed by atoms with van der Waals surface area (Å²) in [6, 6.07) is 0. The molecule has 4 nitrogen and oxygen atoms in total. The van der Waals surface area contributed by atoms with Crippen molar-refractivity contribution in [2.75, 3.05) is 33.0 Å². The number of hydrogen-bond donors (Lipinski definition) is 2. The van der Waals surface area contributed by atoms with Crippen molar-refractivity contribution in [1.29, 1.82) is 0 Å². The molecule has 1 saturated heterocycles. The molecule has 0 atom stereocenters. The van der Waals surface area contributed by atoms with E-state index in [0.29, 0.717) is 6.73 Å². The minimum Gasteiger partial charge on any atom is -0.395 e. The van der Waals surface area contributed by atoms with Crippen LogP contribution < -0.4 is 6.15 Å². The lowest BCUT2D eigenvalue weighted by Gasteiger charge is -2.08. The van der Waals surface area contributed by atoms with Crippen LogP contribution in [0.2, 0.25) is 0 Å². The number of nitrogens with zero attached hydrogens (tertiary/aromatic N) is 1. The van der Waals surface area contributed by atoms with E-state index in [2.05, 4.69) is 4.90 Å². The highest BCUT2D eigenvalue weighted by atomic mass is 16.5. The number of rotatable bonds is 2. The van der Waals surface area contributed by atoms with Crippen LogP contribution in [0, 0.1) is 0 Å². The number of aliphatic hydroxyl groups excluding tert-OH is 1. The lowest BCUT2D eigenvalue weighted by molar-refractivity contribution is 0.125. The fourth-order valence-corrected chi connectivity index (χ4v) is 0.770. The Balaban J connectivity index is 0.000000640. The van der Waals surface area contributed by atoms with Gasteiger partial charge in [-0.05, 0) is 0 Å². The maximum atomic E-state index is 8.43. The van der Waals surface area contributed by atoms with E-state index in [9.17, 15) is 0 Å². The molecule has 4 heteroatoms. The summed E-state index contributed by atoms with van der Waals surface area (Å²) in [7, 11) is 0. The van der Waals surface area contributed by atoms with Gasteiger partial charge in [0.25, 0.3) is 0 Å². The third-order valence-electron chi connectivity index (χ3n) is 1.24. The Morgan fingerprint density at radius 2 is 2.33 bits per heavy atom. The second kappa shape index (κ2) is 4.69. The Morgan fingerprint density at radius 1 is 1.56 bits per heavy atom. The monoisotopic (exact) mass is 134 g/mol. The van der Waals surface area contributed by atoms with Gasteiger partial charge in [0.2, 0.25) is 0 Å². The zero-order valence-electron chi connectivity index (χ0n) is 5.55. The Bertz CT molecular complexity index is 64.0. The van der Waals surface area contributed by atoms with Gasteiger partial charge in [-0.1, -0.05) is 0 Å². The molecule has 0 bridgehead atoms. The summed E-state index contributed by atoms with van der Waals surface area (Å²) < 4.78 is 5.02. The first-order valence-electron chi connectivity index (χ1n) is 2.84. The van der Waals surface area contributed by atoms with Gasteiger partial charge in [-0.25, -0.2) is 0 Å². The van der Waals surface area contributed by atoms with E-state index < -0.39 is 0 Å². The predicted molar refractivity (Wildman–Crippen MR) is 34.5 cm³/mol. The molecule has 9 heavy (non-hydrogen) atoms. The maximum absolute atomic E-state index is 8.43. The van der Waals surface area contributed by atoms with Crippen molar-refractivity contribution in [3.05, 3.63) is 0 Å². The summed E-state index contributed by atoms with van der Waals surface area (Å²) in [6.07, 6.45) is 0. The van der Waals surface area contributed by atoms with Gasteiger partial charge in [0.15, 0.2) is 0 Å². The van der Waals surface area contributed by atoms with E-state index in [4.69, 9.17) is 9.84 Å². The van der Waals surface area contributed by atoms with Crippen LogP contribution in [-0.2, 0) is 4.74 Å². The van der Waals surface area contributed by atoms with Gasteiger partial charge in [-0.2, -0.15) is 0 Å². The standard InChI is InChI=1S/C5H11NO2.H3N/c7-3-1-6-2-4-8-5-6;/h7H,1-5H2;1H3. The normalized spacial score (nSPS) is 19.7. The molecule has 0 amide bonds. The molecule has 0 aliphatic carbocycles. The third-order valence-corrected chi connectivity index (χ3v) is 1.24. The first-order valence-corrected chi connectivity index (χ1v) is 2.84. The molecule has 0 unspecified atom stereocenters. The molecule has 0 aromatic carbocycles. The molecule has 0 spiro atoms. The quantitative estimate of drug-likeness (QED) is 0.530. The summed E-state index contributed by atoms with van der Waals surface area (Å²) in [6.45, 7) is 3.48. The molecule has 0 saturated carbocycles. The van der Waals surface area contributed by atoms with Crippen LogP contribution in [0.1, 0.15) is 0 Å². The molecule has 1 fully saturated rings. The van der Waals surface area contributed by atoms with E-state index in [0.717, 1.165) is 19.7 Å². The summed E-state index contributed by atoms with van der Waals surface area (Å²) in [5, 5.41) is 8.43. The number of hydrogen-bond acceptors (Lipinski definition) is 4. The average Bonchev–Trinajstić information content (AvgIpc) is 2.19. The molecule has 1 rings (SSSR count). The topological polar surface area (TPSA) is 67.7 Å². The van der Waals surface area contributed by atoms with E-state index in [1.807, 2.05) is 0 Å². The maximum Gasteiger partial charge on any atom is 0.0992 e. The van der Waals surface area contributed by atoms with Crippen LogP contribution in [0.4, 0.5) is 0 Å². The van der Waals surface area contributed by atoms with Gasteiger partial charge in [0, 0.05) is 13.1 Å². The lowest BCUT2D eigenvalue weighted by atomic mass is 10.6. The molecule has 4 N–H and O–H groups in total. The molecule has 0 aromatic heterocycles. The van der Waals surface area contributed by atoms with Crippen LogP contribution >= 0.6 is 0 Å². The van der Waals surface area contributed by atoms with E-state index >= 15 is 0 Å². The van der Waals surface area contributed by atoms with Gasteiger partial charge in [-0.3, -0.25) is 4.90 Å². The summed E-state index contributed by atoms with van der Waals surface area (Å²) in [5.74, 6) is 0. The van der Waals surface area contributed by atoms with Crippen molar-refractivity contribution in [2.24, 2.45) is 0 Å². The van der Waals surface area contributed by atoms with Crippen molar-refractivity contribution in [3.63, 3.8) is 0 Å². The fourth-order valence-electron chi connectivity index (χ4n) is 0.770. The fraction of sp³-hybridized carbons (Fsp3) is 1.00. The summed E-state index contributed by atoms with van der Waals surface area (Å²) >= 11 is 0.